The summed E-state index contributed by atoms with van der Waals surface area (Å²) in [4.78, 5) is 2.84. The van der Waals surface area contributed by atoms with Gasteiger partial charge in [-0.05, 0) is 381 Å². The van der Waals surface area contributed by atoms with Gasteiger partial charge in [-0.3, -0.25) is 4.90 Å². The van der Waals surface area contributed by atoms with E-state index >= 15 is 0 Å². The fourth-order valence-corrected chi connectivity index (χ4v) is 31.5. The van der Waals surface area contributed by atoms with Gasteiger partial charge >= 0.3 is 0 Å². The van der Waals surface area contributed by atoms with E-state index in [1.807, 2.05) is 72.8 Å². The molecule has 0 amide bonds. The van der Waals surface area contributed by atoms with Gasteiger partial charge in [0.05, 0.1) is 10.8 Å². The predicted molar refractivity (Wildman–Crippen MR) is 424 cm³/mol. The summed E-state index contributed by atoms with van der Waals surface area (Å²) in [7, 11) is 2.48. The zero-order valence-electron chi connectivity index (χ0n) is 54.6. The average Bonchev–Trinajstić information content (AvgIpc) is 1.38. The number of fused-ring (bicyclic) bond motifs is 10. The highest BCUT2D eigenvalue weighted by atomic mass is 16.3. The van der Waals surface area contributed by atoms with Gasteiger partial charge in [-0.25, -0.2) is 0 Å². The molecule has 1 saturated heterocycles. The number of hydrogen-bond acceptors (Lipinski definition) is 6. The predicted octanol–water partition coefficient (Wildman–Crippen LogP) is 22.8. The maximum absolute atomic E-state index is 13.7. The number of likely N-dealkylation sites (N-methyl/N-ethyl adjacent to an activating group) is 1. The van der Waals surface area contributed by atoms with E-state index in [1.165, 1.54) is 0 Å². The van der Waals surface area contributed by atoms with Gasteiger partial charge in [0, 0.05) is 44.7 Å². The summed E-state index contributed by atoms with van der Waals surface area (Å²) in [6.07, 6.45) is 1.36. The standard InChI is InChI=1S/C98H35NO5/c1-99-21-97-87-79-71-61-51-43-35-33-34-37-41-39(35)47-55-49(41)59-53-45(37)46-38(34)42-40-36(33)44(43)52-58-48(40)56-50(42)60-54(46)64-63(53)75-69(59)77-67(55)73(65(71)57(47)51)81(87)83(77)89-85(75)86-76(64)70(60)78-68(56)74-66(58)72(62(52)61)80(79)88(97)82(74)84(78)90(86)98(89,97)96(99)32-19-30-17-28-12-4-10-26(93(28)102)15-24-8-2-6-22(91(24)100)14-23-7-3-9-25(92(23)101)16-27-11-5-13-29(94(27)103)18-31(20-32)95(30)104/h2-13,19-20,96,100-104H,14-18,21H2,1H3. The zero-order chi connectivity index (χ0) is 65.0. The molecule has 104 heavy (non-hydrogen) atoms. The van der Waals surface area contributed by atoms with E-state index in [9.17, 15) is 25.5 Å². The molecular weight excluding hydrogens is 1270 g/mol. The Hall–Kier alpha value is -12.5. The second-order valence-corrected chi connectivity index (χ2v) is 35.6. The normalized spacial score (nSPS) is 20.6. The monoisotopic (exact) mass is 1310 g/mol. The summed E-state index contributed by atoms with van der Waals surface area (Å²) in [5.74, 6) is 0.734. The highest BCUT2D eigenvalue weighted by Gasteiger charge is 2.76. The Balaban J connectivity index is 0.755. The fraction of sp³-hybridized carbons (Fsp3) is 0.102. The first kappa shape index (κ1) is 45.4. The van der Waals surface area contributed by atoms with Crippen LogP contribution >= 0.6 is 0 Å². The third kappa shape index (κ3) is 3.16. The molecule has 5 aliphatic carbocycles. The highest BCUT2D eigenvalue weighted by molar-refractivity contribution is 6.82. The second-order valence-electron chi connectivity index (χ2n) is 35.6. The van der Waals surface area contributed by atoms with Crippen molar-refractivity contribution in [2.24, 2.45) is 0 Å². The topological polar surface area (TPSA) is 104 Å². The third-order valence-electron chi connectivity index (χ3n) is 33.2. The molecule has 1 unspecified atom stereocenters. The van der Waals surface area contributed by atoms with Crippen molar-refractivity contribution in [3.63, 3.8) is 0 Å². The van der Waals surface area contributed by atoms with E-state index < -0.39 is 10.8 Å². The lowest BCUT2D eigenvalue weighted by atomic mass is 9.47. The molecule has 1 heterocycles. The minimum atomic E-state index is -0.680. The van der Waals surface area contributed by atoms with Crippen LogP contribution in [-0.2, 0) is 42.9 Å². The molecule has 462 valence electrons. The van der Waals surface area contributed by atoms with E-state index in [2.05, 4.69) is 24.1 Å². The van der Waals surface area contributed by atoms with Crippen molar-refractivity contribution >= 4 is 291 Å². The minimum Gasteiger partial charge on any atom is -0.507 e. The summed E-state index contributed by atoms with van der Waals surface area (Å²) in [6, 6.07) is 28.0. The summed E-state index contributed by atoms with van der Waals surface area (Å²) in [6.45, 7) is 0.812. The van der Waals surface area contributed by atoms with Crippen LogP contribution in [0.2, 0.25) is 0 Å². The molecule has 0 radical (unpaired) electrons. The first-order valence-corrected chi connectivity index (χ1v) is 37.7. The Morgan fingerprint density at radius 2 is 0.394 bits per heavy atom. The molecule has 1 fully saturated rings. The number of phenols is 5. The molecule has 1 aliphatic heterocycles. The number of likely N-dealkylation sites (tertiary alicyclic amines) is 1. The SMILES string of the molecule is CN1CC23c4c5c6c7c8c9c(c%10c%11c2c2c4c4c%12c5c5c6c6c8c8c%13c9c9c%10c%10c%11c%11c2c2c4c4c%12c%12c5c5c6c8c6c8c%13c9c9c%10c%10c%11c2c2c4c4c%12c5c6c5c8c9c%10c2c45)C73C1c1cc2c(O)c(c1)Cc1cccc(c1O)Cc1cccc(c1O)Cc1cccc(c1O)Cc1cccc(c1O)C2. The van der Waals surface area contributed by atoms with Crippen molar-refractivity contribution in [1.82, 2.24) is 4.90 Å². The van der Waals surface area contributed by atoms with Crippen molar-refractivity contribution in [2.75, 3.05) is 13.6 Å². The number of nitrogens with zero attached hydrogens (tertiary/aromatic N) is 1. The number of benzene rings is 23. The summed E-state index contributed by atoms with van der Waals surface area (Å²) >= 11 is 0. The smallest absolute Gasteiger partial charge is 0.122 e. The summed E-state index contributed by atoms with van der Waals surface area (Å²) in [5, 5.41) is 149. The number of phenolic OH excluding ortho intramolecular Hbond substituents is 5. The minimum absolute atomic E-state index is 0.135. The Kier molecular flexibility index (Phi) is 5.17. The molecule has 0 aromatic heterocycles. The van der Waals surface area contributed by atoms with E-state index in [0.717, 1.165) is 23.2 Å². The maximum atomic E-state index is 13.7. The van der Waals surface area contributed by atoms with Crippen LogP contribution in [0.15, 0.2) is 84.9 Å². The zero-order valence-corrected chi connectivity index (χ0v) is 54.6. The number of aromatic hydroxyl groups is 5. The molecule has 1 atom stereocenters. The molecule has 33 aromatic carbocycles. The lowest BCUT2D eigenvalue weighted by Gasteiger charge is -2.52. The van der Waals surface area contributed by atoms with E-state index in [-0.39, 0.29) is 60.5 Å². The number of rotatable bonds is 1. The van der Waals surface area contributed by atoms with Gasteiger partial charge in [0.2, 0.25) is 0 Å². The first-order valence-electron chi connectivity index (χ1n) is 37.7. The molecule has 0 saturated carbocycles. The molecule has 39 rings (SSSR count). The molecule has 33 aromatic rings. The van der Waals surface area contributed by atoms with Crippen molar-refractivity contribution in [1.29, 1.82) is 0 Å². The number of para-hydroxylation sites is 4. The second kappa shape index (κ2) is 11.8. The van der Waals surface area contributed by atoms with Gasteiger partial charge in [-0.15, -0.1) is 0 Å². The van der Waals surface area contributed by atoms with Gasteiger partial charge in [-0.2, -0.15) is 0 Å². The van der Waals surface area contributed by atoms with Crippen molar-refractivity contribution in [3.8, 4) is 28.7 Å². The van der Waals surface area contributed by atoms with Crippen LogP contribution in [0.5, 0.6) is 28.7 Å². The molecule has 10 bridgehead atoms. The highest BCUT2D eigenvalue weighted by Crippen LogP contribution is 2.87. The van der Waals surface area contributed by atoms with Crippen LogP contribution < -0.4 is 0 Å². The molecular formula is C98H35NO5. The third-order valence-corrected chi connectivity index (χ3v) is 33.2. The summed E-state index contributed by atoms with van der Waals surface area (Å²) in [5.41, 5.74) is 13.3. The molecule has 6 heteroatoms. The maximum Gasteiger partial charge on any atom is 0.122 e. The van der Waals surface area contributed by atoms with E-state index in [0.29, 0.717) is 50.9 Å². The van der Waals surface area contributed by atoms with Crippen molar-refractivity contribution in [3.05, 3.63) is 168 Å². The van der Waals surface area contributed by atoms with Gasteiger partial charge in [-0.1, -0.05) is 84.9 Å². The molecule has 6 nitrogen and oxygen atoms in total. The number of hydrogen-bond donors (Lipinski definition) is 5. The average molecular weight is 1310 g/mol. The van der Waals surface area contributed by atoms with Crippen molar-refractivity contribution in [2.45, 2.75) is 49.0 Å². The van der Waals surface area contributed by atoms with Crippen LogP contribution in [-0.4, -0.2) is 44.0 Å². The fourth-order valence-electron chi connectivity index (χ4n) is 31.5. The Labute approximate surface area is 577 Å². The van der Waals surface area contributed by atoms with Crippen LogP contribution in [0, 0.1) is 0 Å². The van der Waals surface area contributed by atoms with Gasteiger partial charge in [0.25, 0.3) is 0 Å². The summed E-state index contributed by atoms with van der Waals surface area (Å²) < 4.78 is 0. The lowest BCUT2D eigenvalue weighted by Crippen LogP contribution is -2.52. The Morgan fingerprint density at radius 1 is 0.231 bits per heavy atom. The lowest BCUT2D eigenvalue weighted by molar-refractivity contribution is 0.271. The van der Waals surface area contributed by atoms with E-state index in [1.54, 1.807) is 313 Å². The van der Waals surface area contributed by atoms with Crippen LogP contribution in [0.3, 0.4) is 0 Å². The molecule has 6 aliphatic rings. The van der Waals surface area contributed by atoms with Crippen LogP contribution in [0.4, 0.5) is 0 Å². The molecule has 2 spiro atoms. The van der Waals surface area contributed by atoms with Gasteiger partial charge in [0.1, 0.15) is 28.7 Å². The van der Waals surface area contributed by atoms with E-state index in [4.69, 9.17) is 0 Å². The van der Waals surface area contributed by atoms with Gasteiger partial charge < -0.3 is 25.5 Å². The Bertz CT molecular complexity index is 9370. The quantitative estimate of drug-likeness (QED) is 0.105. The Morgan fingerprint density at radius 3 is 0.596 bits per heavy atom. The van der Waals surface area contributed by atoms with Crippen molar-refractivity contribution < 1.29 is 25.5 Å². The van der Waals surface area contributed by atoms with Gasteiger partial charge in [0.15, 0.2) is 0 Å². The van der Waals surface area contributed by atoms with Crippen LogP contribution in [0.25, 0.3) is 291 Å². The first-order chi connectivity index (χ1) is 51.2. The molecule has 5 N–H and O–H groups in total. The van der Waals surface area contributed by atoms with Crippen LogP contribution in [0.1, 0.15) is 89.5 Å². The largest absolute Gasteiger partial charge is 0.507 e.